The van der Waals surface area contributed by atoms with Crippen LogP contribution >= 0.6 is 11.6 Å². The lowest BCUT2D eigenvalue weighted by atomic mass is 10.2. The predicted octanol–water partition coefficient (Wildman–Crippen LogP) is 3.15. The number of halogens is 1. The Morgan fingerprint density at radius 2 is 2.00 bits per heavy atom. The lowest BCUT2D eigenvalue weighted by Crippen LogP contribution is -2.21. The van der Waals surface area contributed by atoms with Crippen LogP contribution in [0.4, 0.5) is 0 Å². The minimum absolute atomic E-state index is 0.0170. The van der Waals surface area contributed by atoms with Gasteiger partial charge in [0.15, 0.2) is 5.75 Å². The van der Waals surface area contributed by atoms with E-state index in [0.29, 0.717) is 0 Å². The third kappa shape index (κ3) is 3.40. The lowest BCUT2D eigenvalue weighted by Gasteiger charge is -2.18. The molecule has 0 aromatic heterocycles. The molecule has 88 valence electrons. The average molecular weight is 245 g/mol. The number of hydrogen-bond acceptors (Lipinski definition) is 3. The van der Waals surface area contributed by atoms with Crippen LogP contribution in [0.2, 0.25) is 5.02 Å². The highest BCUT2D eigenvalue weighted by Gasteiger charge is 2.17. The molecule has 0 aliphatic carbocycles. The third-order valence-electron chi connectivity index (χ3n) is 1.58. The molecule has 0 amide bonds. The van der Waals surface area contributed by atoms with Crippen LogP contribution in [0, 0.1) is 0 Å². The van der Waals surface area contributed by atoms with E-state index in [1.165, 1.54) is 12.1 Å². The number of aromatic carboxylic acids is 1. The van der Waals surface area contributed by atoms with Crippen LogP contribution in [0.5, 0.6) is 5.75 Å². The first-order valence-corrected chi connectivity index (χ1v) is 5.06. The van der Waals surface area contributed by atoms with Crippen LogP contribution in [-0.2, 0) is 4.89 Å². The van der Waals surface area contributed by atoms with Crippen molar-refractivity contribution in [1.82, 2.24) is 0 Å². The van der Waals surface area contributed by atoms with Crippen molar-refractivity contribution in [1.29, 1.82) is 0 Å². The Morgan fingerprint density at radius 1 is 1.38 bits per heavy atom. The van der Waals surface area contributed by atoms with Gasteiger partial charge in [-0.2, -0.15) is 4.89 Å². The van der Waals surface area contributed by atoms with Gasteiger partial charge in [-0.3, -0.25) is 0 Å². The zero-order valence-corrected chi connectivity index (χ0v) is 10.0. The SMILES string of the molecule is CC(C)(C)OOc1cccc(C(=O)O)c1Cl. The molecule has 0 fully saturated rings. The van der Waals surface area contributed by atoms with Gasteiger partial charge in [0.1, 0.15) is 10.6 Å². The summed E-state index contributed by atoms with van der Waals surface area (Å²) < 4.78 is 0. The van der Waals surface area contributed by atoms with Crippen molar-refractivity contribution in [2.45, 2.75) is 26.4 Å². The first-order chi connectivity index (χ1) is 7.31. The fourth-order valence-electron chi connectivity index (χ4n) is 0.910. The Hall–Kier alpha value is -1.26. The van der Waals surface area contributed by atoms with Crippen molar-refractivity contribution in [3.63, 3.8) is 0 Å². The summed E-state index contributed by atoms with van der Waals surface area (Å²) in [6.45, 7) is 5.42. The normalized spacial score (nSPS) is 11.2. The molecular formula is C11H13ClO4. The molecule has 0 saturated heterocycles. The number of hydrogen-bond donors (Lipinski definition) is 1. The molecule has 0 aliphatic heterocycles. The Morgan fingerprint density at radius 3 is 2.50 bits per heavy atom. The van der Waals surface area contributed by atoms with Gasteiger partial charge >= 0.3 is 5.97 Å². The van der Waals surface area contributed by atoms with Crippen LogP contribution in [0.15, 0.2) is 18.2 Å². The van der Waals surface area contributed by atoms with E-state index in [-0.39, 0.29) is 16.3 Å². The highest BCUT2D eigenvalue weighted by molar-refractivity contribution is 6.34. The van der Waals surface area contributed by atoms with E-state index in [1.54, 1.807) is 6.07 Å². The molecule has 0 bridgehead atoms. The number of benzene rings is 1. The molecule has 0 saturated carbocycles. The highest BCUT2D eigenvalue weighted by Crippen LogP contribution is 2.29. The van der Waals surface area contributed by atoms with Crippen molar-refractivity contribution < 1.29 is 19.7 Å². The summed E-state index contributed by atoms with van der Waals surface area (Å²) in [5.41, 5.74) is -0.514. The monoisotopic (exact) mass is 244 g/mol. The Balaban J connectivity index is 2.90. The zero-order valence-electron chi connectivity index (χ0n) is 9.28. The molecule has 4 nitrogen and oxygen atoms in total. The summed E-state index contributed by atoms with van der Waals surface area (Å²) in [6, 6.07) is 4.48. The maximum absolute atomic E-state index is 10.8. The molecular weight excluding hydrogens is 232 g/mol. The van der Waals surface area contributed by atoms with Gasteiger partial charge in [0.05, 0.1) is 5.56 Å². The smallest absolute Gasteiger partial charge is 0.337 e. The second-order valence-corrected chi connectivity index (χ2v) is 4.58. The summed E-state index contributed by atoms with van der Waals surface area (Å²) in [7, 11) is 0. The van der Waals surface area contributed by atoms with Gasteiger partial charge < -0.3 is 9.99 Å². The fraction of sp³-hybridized carbons (Fsp3) is 0.364. The largest absolute Gasteiger partial charge is 0.478 e. The molecule has 0 heterocycles. The van der Waals surface area contributed by atoms with Gasteiger partial charge in [-0.25, -0.2) is 4.79 Å². The van der Waals surface area contributed by atoms with Gasteiger partial charge in [-0.15, -0.1) is 0 Å². The summed E-state index contributed by atoms with van der Waals surface area (Å²) >= 11 is 5.85. The zero-order chi connectivity index (χ0) is 12.3. The van der Waals surface area contributed by atoms with Crippen LogP contribution in [-0.4, -0.2) is 16.7 Å². The van der Waals surface area contributed by atoms with Gasteiger partial charge in [0, 0.05) is 0 Å². The summed E-state index contributed by atoms with van der Waals surface area (Å²) in [5.74, 6) is -0.914. The molecule has 0 unspecified atom stereocenters. The Kier molecular flexibility index (Phi) is 3.78. The first-order valence-electron chi connectivity index (χ1n) is 4.69. The van der Waals surface area contributed by atoms with E-state index in [2.05, 4.69) is 0 Å². The molecule has 0 aliphatic rings. The molecule has 0 atom stereocenters. The fourth-order valence-corrected chi connectivity index (χ4v) is 1.15. The second-order valence-electron chi connectivity index (χ2n) is 4.20. The van der Waals surface area contributed by atoms with Crippen LogP contribution < -0.4 is 4.89 Å². The van der Waals surface area contributed by atoms with Crippen molar-refractivity contribution >= 4 is 17.6 Å². The number of carboxylic acids is 1. The predicted molar refractivity (Wildman–Crippen MR) is 59.9 cm³/mol. The standard InChI is InChI=1S/C11H13ClO4/c1-11(2,3)16-15-8-6-4-5-7(9(8)12)10(13)14/h4-6H,1-3H3,(H,13,14). The van der Waals surface area contributed by atoms with E-state index in [0.717, 1.165) is 0 Å². The maximum Gasteiger partial charge on any atom is 0.337 e. The molecule has 1 rings (SSSR count). The molecule has 1 aromatic rings. The minimum atomic E-state index is -1.11. The second kappa shape index (κ2) is 4.72. The van der Waals surface area contributed by atoms with Crippen molar-refractivity contribution in [3.8, 4) is 5.75 Å². The highest BCUT2D eigenvalue weighted by atomic mass is 35.5. The summed E-state index contributed by atoms with van der Waals surface area (Å²) in [6.07, 6.45) is 0. The van der Waals surface area contributed by atoms with E-state index in [9.17, 15) is 4.79 Å². The maximum atomic E-state index is 10.8. The molecule has 5 heteroatoms. The lowest BCUT2D eigenvalue weighted by molar-refractivity contribution is -0.274. The van der Waals surface area contributed by atoms with Crippen molar-refractivity contribution in [2.75, 3.05) is 0 Å². The molecule has 0 spiro atoms. The minimum Gasteiger partial charge on any atom is -0.478 e. The summed E-state index contributed by atoms with van der Waals surface area (Å²) in [5, 5.41) is 8.86. The molecule has 16 heavy (non-hydrogen) atoms. The van der Waals surface area contributed by atoms with E-state index < -0.39 is 11.6 Å². The number of rotatable bonds is 3. The number of carboxylic acid groups (broad SMARTS) is 1. The van der Waals surface area contributed by atoms with Gasteiger partial charge in [-0.05, 0) is 32.9 Å². The quantitative estimate of drug-likeness (QED) is 0.656. The van der Waals surface area contributed by atoms with E-state index in [1.807, 2.05) is 20.8 Å². The van der Waals surface area contributed by atoms with E-state index in [4.69, 9.17) is 26.5 Å². The Labute approximate surface area is 98.7 Å². The number of carbonyl (C=O) groups is 1. The van der Waals surface area contributed by atoms with Crippen LogP contribution in [0.3, 0.4) is 0 Å². The molecule has 1 N–H and O–H groups in total. The van der Waals surface area contributed by atoms with Crippen molar-refractivity contribution in [3.05, 3.63) is 28.8 Å². The van der Waals surface area contributed by atoms with Gasteiger partial charge in [0.2, 0.25) is 0 Å². The topological polar surface area (TPSA) is 55.8 Å². The molecule has 0 radical (unpaired) electrons. The van der Waals surface area contributed by atoms with Gasteiger partial charge in [0.25, 0.3) is 0 Å². The van der Waals surface area contributed by atoms with Crippen LogP contribution in [0.1, 0.15) is 31.1 Å². The van der Waals surface area contributed by atoms with Crippen LogP contribution in [0.25, 0.3) is 0 Å². The average Bonchev–Trinajstić information content (AvgIpc) is 2.14. The third-order valence-corrected chi connectivity index (χ3v) is 1.97. The molecule has 1 aromatic carbocycles. The first kappa shape index (κ1) is 12.8. The van der Waals surface area contributed by atoms with E-state index >= 15 is 0 Å². The van der Waals surface area contributed by atoms with Crippen molar-refractivity contribution in [2.24, 2.45) is 0 Å². The van der Waals surface area contributed by atoms with Gasteiger partial charge in [-0.1, -0.05) is 17.7 Å². The summed E-state index contributed by atoms with van der Waals surface area (Å²) in [4.78, 5) is 20.8. The Bertz CT molecular complexity index is 395.